The first-order valence-corrected chi connectivity index (χ1v) is 6.58. The monoisotopic (exact) mass is 309 g/mol. The molecule has 1 rings (SSSR count). The molecule has 0 radical (unpaired) electrons. The summed E-state index contributed by atoms with van der Waals surface area (Å²) < 4.78 is 5.01. The number of rotatable bonds is 4. The number of hydrogen-bond acceptors (Lipinski definition) is 6. The molecule has 0 saturated carbocycles. The van der Waals surface area contributed by atoms with Crippen LogP contribution in [0.3, 0.4) is 0 Å². The summed E-state index contributed by atoms with van der Waals surface area (Å²) in [6.07, 6.45) is -1.05. The zero-order valence-electron chi connectivity index (χ0n) is 12.9. The number of nitro benzene ring substituents is 1. The van der Waals surface area contributed by atoms with Crippen LogP contribution in [0.15, 0.2) is 18.2 Å². The van der Waals surface area contributed by atoms with Crippen LogP contribution in [0.4, 0.5) is 11.4 Å². The van der Waals surface area contributed by atoms with Gasteiger partial charge in [0.05, 0.1) is 10.5 Å². The third kappa shape index (κ3) is 4.72. The molecule has 0 aliphatic heterocycles. The number of carbonyl (C=O) groups is 2. The molecule has 8 nitrogen and oxygen atoms in total. The molecule has 0 heterocycles. The Labute approximate surface area is 127 Å². The van der Waals surface area contributed by atoms with Crippen LogP contribution in [0.2, 0.25) is 0 Å². The van der Waals surface area contributed by atoms with E-state index in [1.165, 1.54) is 19.1 Å². The van der Waals surface area contributed by atoms with E-state index in [-0.39, 0.29) is 16.9 Å². The maximum absolute atomic E-state index is 12.0. The molecular formula is C14H19N3O5. The van der Waals surface area contributed by atoms with Crippen LogP contribution < -0.4 is 11.1 Å². The van der Waals surface area contributed by atoms with E-state index in [9.17, 15) is 19.7 Å². The Balaban J connectivity index is 2.87. The smallest absolute Gasteiger partial charge is 0.341 e. The first kappa shape index (κ1) is 17.4. The maximum atomic E-state index is 12.0. The molecule has 120 valence electrons. The van der Waals surface area contributed by atoms with Gasteiger partial charge in [-0.2, -0.15) is 0 Å². The lowest BCUT2D eigenvalue weighted by atomic mass is 10.1. The molecule has 0 aliphatic carbocycles. The van der Waals surface area contributed by atoms with Crippen LogP contribution >= 0.6 is 0 Å². The van der Waals surface area contributed by atoms with Gasteiger partial charge in [0.25, 0.3) is 11.6 Å². The van der Waals surface area contributed by atoms with Crippen LogP contribution in [0, 0.1) is 10.1 Å². The fraction of sp³-hybridized carbons (Fsp3) is 0.429. The van der Waals surface area contributed by atoms with Crippen molar-refractivity contribution in [2.75, 3.05) is 5.73 Å². The van der Waals surface area contributed by atoms with E-state index >= 15 is 0 Å². The first-order chi connectivity index (χ1) is 10.0. The van der Waals surface area contributed by atoms with Gasteiger partial charge in [0.15, 0.2) is 6.10 Å². The van der Waals surface area contributed by atoms with Crippen molar-refractivity contribution in [2.45, 2.75) is 39.3 Å². The highest BCUT2D eigenvalue weighted by atomic mass is 16.6. The highest BCUT2D eigenvalue weighted by Crippen LogP contribution is 2.21. The second-order valence-corrected chi connectivity index (χ2v) is 5.82. The zero-order valence-corrected chi connectivity index (χ0v) is 12.9. The number of nitrogens with two attached hydrogens (primary N) is 1. The number of amides is 1. The minimum Gasteiger partial charge on any atom is -0.449 e. The largest absolute Gasteiger partial charge is 0.449 e. The van der Waals surface area contributed by atoms with E-state index < -0.39 is 28.4 Å². The average molecular weight is 309 g/mol. The van der Waals surface area contributed by atoms with Crippen LogP contribution in [-0.2, 0) is 9.53 Å². The molecule has 1 amide bonds. The Morgan fingerprint density at radius 1 is 1.36 bits per heavy atom. The van der Waals surface area contributed by atoms with Gasteiger partial charge >= 0.3 is 5.97 Å². The second kappa shape index (κ2) is 6.42. The average Bonchev–Trinajstić information content (AvgIpc) is 2.36. The lowest BCUT2D eigenvalue weighted by Crippen LogP contribution is -2.46. The Hall–Kier alpha value is -2.64. The zero-order chi connectivity index (χ0) is 17.1. The van der Waals surface area contributed by atoms with Gasteiger partial charge in [0, 0.05) is 23.4 Å². The number of carbonyl (C=O) groups excluding carboxylic acids is 2. The molecule has 0 aliphatic rings. The van der Waals surface area contributed by atoms with Crippen LogP contribution in [0.25, 0.3) is 0 Å². The summed E-state index contributed by atoms with van der Waals surface area (Å²) in [5, 5.41) is 13.4. The normalized spacial score (nSPS) is 12.4. The summed E-state index contributed by atoms with van der Waals surface area (Å²) in [4.78, 5) is 33.9. The predicted molar refractivity (Wildman–Crippen MR) is 80.3 cm³/mol. The van der Waals surface area contributed by atoms with Gasteiger partial charge in [-0.3, -0.25) is 14.9 Å². The Kier molecular flexibility index (Phi) is 5.08. The van der Waals surface area contributed by atoms with Gasteiger partial charge in [0.1, 0.15) is 0 Å². The van der Waals surface area contributed by atoms with Gasteiger partial charge in [0.2, 0.25) is 0 Å². The number of nitrogens with one attached hydrogen (secondary N) is 1. The highest BCUT2D eigenvalue weighted by Gasteiger charge is 2.24. The summed E-state index contributed by atoms with van der Waals surface area (Å²) >= 11 is 0. The molecule has 0 spiro atoms. The van der Waals surface area contributed by atoms with Gasteiger partial charge in [-0.1, -0.05) is 0 Å². The first-order valence-electron chi connectivity index (χ1n) is 6.58. The topological polar surface area (TPSA) is 125 Å². The third-order valence-corrected chi connectivity index (χ3v) is 2.62. The number of non-ortho nitro benzene ring substituents is 1. The molecule has 8 heteroatoms. The summed E-state index contributed by atoms with van der Waals surface area (Å²) in [6.45, 7) is 6.78. The third-order valence-electron chi connectivity index (χ3n) is 2.62. The fourth-order valence-electron chi connectivity index (χ4n) is 1.58. The minimum absolute atomic E-state index is 0.0408. The molecule has 1 aromatic carbocycles. The molecular weight excluding hydrogens is 290 g/mol. The second-order valence-electron chi connectivity index (χ2n) is 5.82. The molecule has 0 saturated heterocycles. The SMILES string of the molecule is C[C@H](OC(=O)c1cc([N+](=O)[O-])ccc1N)C(=O)NC(C)(C)C. The molecule has 1 aromatic rings. The summed E-state index contributed by atoms with van der Waals surface area (Å²) in [7, 11) is 0. The van der Waals surface area contributed by atoms with E-state index in [0.29, 0.717) is 0 Å². The Bertz CT molecular complexity index is 607. The number of anilines is 1. The number of ether oxygens (including phenoxy) is 1. The predicted octanol–water partition coefficient (Wildman–Crippen LogP) is 1.64. The molecule has 22 heavy (non-hydrogen) atoms. The molecule has 1 atom stereocenters. The molecule has 3 N–H and O–H groups in total. The number of nitrogen functional groups attached to an aromatic ring is 1. The number of hydrogen-bond donors (Lipinski definition) is 2. The van der Waals surface area contributed by atoms with Crippen molar-refractivity contribution >= 4 is 23.3 Å². The number of nitro groups is 1. The van der Waals surface area contributed by atoms with E-state index in [1.54, 1.807) is 20.8 Å². The van der Waals surface area contributed by atoms with Crippen molar-refractivity contribution in [1.82, 2.24) is 5.32 Å². The maximum Gasteiger partial charge on any atom is 0.341 e. The quantitative estimate of drug-likeness (QED) is 0.377. The van der Waals surface area contributed by atoms with Gasteiger partial charge < -0.3 is 15.8 Å². The lowest BCUT2D eigenvalue weighted by molar-refractivity contribution is -0.384. The van der Waals surface area contributed by atoms with Crippen molar-refractivity contribution in [2.24, 2.45) is 0 Å². The number of esters is 1. The van der Waals surface area contributed by atoms with E-state index in [4.69, 9.17) is 10.5 Å². The van der Waals surface area contributed by atoms with Crippen LogP contribution in [0.5, 0.6) is 0 Å². The molecule has 0 aromatic heterocycles. The number of nitrogens with zero attached hydrogens (tertiary/aromatic N) is 1. The minimum atomic E-state index is -1.05. The van der Waals surface area contributed by atoms with E-state index in [0.717, 1.165) is 6.07 Å². The summed E-state index contributed by atoms with van der Waals surface area (Å²) in [6, 6.07) is 3.45. The summed E-state index contributed by atoms with van der Waals surface area (Å²) in [5.41, 5.74) is 4.76. The number of benzene rings is 1. The van der Waals surface area contributed by atoms with Gasteiger partial charge in [-0.25, -0.2) is 4.79 Å². The van der Waals surface area contributed by atoms with Gasteiger partial charge in [-0.05, 0) is 33.8 Å². The van der Waals surface area contributed by atoms with Crippen molar-refractivity contribution in [3.8, 4) is 0 Å². The van der Waals surface area contributed by atoms with Crippen LogP contribution in [-0.4, -0.2) is 28.4 Å². The van der Waals surface area contributed by atoms with Crippen molar-refractivity contribution in [3.05, 3.63) is 33.9 Å². The summed E-state index contributed by atoms with van der Waals surface area (Å²) in [5.74, 6) is -1.36. The van der Waals surface area contributed by atoms with Crippen LogP contribution in [0.1, 0.15) is 38.1 Å². The van der Waals surface area contributed by atoms with E-state index in [1.807, 2.05) is 0 Å². The molecule has 0 unspecified atom stereocenters. The van der Waals surface area contributed by atoms with E-state index in [2.05, 4.69) is 5.32 Å². The standard InChI is InChI=1S/C14H19N3O5/c1-8(12(18)16-14(2,3)4)22-13(19)10-7-9(17(20)21)5-6-11(10)15/h5-8H,15H2,1-4H3,(H,16,18)/t8-/m0/s1. The molecule has 0 bridgehead atoms. The highest BCUT2D eigenvalue weighted by molar-refractivity contribution is 5.97. The lowest BCUT2D eigenvalue weighted by Gasteiger charge is -2.23. The Morgan fingerprint density at radius 3 is 2.45 bits per heavy atom. The van der Waals surface area contributed by atoms with Crippen molar-refractivity contribution < 1.29 is 19.2 Å². The Morgan fingerprint density at radius 2 is 1.95 bits per heavy atom. The molecule has 0 fully saturated rings. The fourth-order valence-corrected chi connectivity index (χ4v) is 1.58. The van der Waals surface area contributed by atoms with Gasteiger partial charge in [-0.15, -0.1) is 0 Å². The van der Waals surface area contributed by atoms with Crippen molar-refractivity contribution in [3.63, 3.8) is 0 Å². The van der Waals surface area contributed by atoms with Crippen molar-refractivity contribution in [1.29, 1.82) is 0 Å².